The largest absolute Gasteiger partial charge is 0.507 e. The summed E-state index contributed by atoms with van der Waals surface area (Å²) in [6, 6.07) is 5.20. The van der Waals surface area contributed by atoms with Crippen LogP contribution in [0.15, 0.2) is 22.7 Å². The van der Waals surface area contributed by atoms with E-state index in [0.29, 0.717) is 5.56 Å². The van der Waals surface area contributed by atoms with Gasteiger partial charge >= 0.3 is 0 Å². The molecule has 1 amide bonds. The van der Waals surface area contributed by atoms with E-state index in [1.54, 1.807) is 18.2 Å². The normalized spacial score (nSPS) is 23.1. The minimum atomic E-state index is -0.176. The molecule has 19 heavy (non-hydrogen) atoms. The van der Waals surface area contributed by atoms with Crippen LogP contribution in [0.1, 0.15) is 49.4 Å². The zero-order valence-electron chi connectivity index (χ0n) is 11.2. The van der Waals surface area contributed by atoms with Crippen LogP contribution in [0, 0.1) is 5.92 Å². The summed E-state index contributed by atoms with van der Waals surface area (Å²) in [6.45, 7) is 2.23. The van der Waals surface area contributed by atoms with Gasteiger partial charge in [-0.05, 0) is 49.8 Å². The van der Waals surface area contributed by atoms with Gasteiger partial charge in [0.15, 0.2) is 0 Å². The number of carbonyl (C=O) groups is 1. The van der Waals surface area contributed by atoms with Crippen LogP contribution in [-0.2, 0) is 0 Å². The molecule has 2 rings (SSSR count). The standard InChI is InChI=1S/C15H20BrNO2/c1-2-10-3-6-12(7-4-10)17-15(19)13-8-5-11(16)9-14(13)18/h5,8-10,12,18H,2-4,6-7H2,1H3,(H,17,19). The number of halogens is 1. The predicted octanol–water partition coefficient (Wildman–Crippen LogP) is 3.85. The first-order valence-corrected chi connectivity index (χ1v) is 7.68. The molecule has 0 spiro atoms. The van der Waals surface area contributed by atoms with Gasteiger partial charge in [-0.3, -0.25) is 4.79 Å². The molecule has 0 atom stereocenters. The van der Waals surface area contributed by atoms with Crippen molar-refractivity contribution in [1.82, 2.24) is 5.32 Å². The van der Waals surface area contributed by atoms with E-state index < -0.39 is 0 Å². The molecule has 0 saturated heterocycles. The van der Waals surface area contributed by atoms with Gasteiger partial charge in [0.1, 0.15) is 5.75 Å². The lowest BCUT2D eigenvalue weighted by atomic mass is 9.84. The Balaban J connectivity index is 1.94. The first-order valence-electron chi connectivity index (χ1n) is 6.89. The smallest absolute Gasteiger partial charge is 0.255 e. The van der Waals surface area contributed by atoms with E-state index in [-0.39, 0.29) is 17.7 Å². The molecule has 3 nitrogen and oxygen atoms in total. The highest BCUT2D eigenvalue weighted by molar-refractivity contribution is 9.10. The summed E-state index contributed by atoms with van der Waals surface area (Å²) in [5.74, 6) is 0.660. The van der Waals surface area contributed by atoms with E-state index in [9.17, 15) is 9.90 Å². The van der Waals surface area contributed by atoms with Crippen molar-refractivity contribution in [2.24, 2.45) is 5.92 Å². The Hall–Kier alpha value is -1.03. The first-order chi connectivity index (χ1) is 9.10. The average Bonchev–Trinajstić information content (AvgIpc) is 2.39. The van der Waals surface area contributed by atoms with Gasteiger partial charge in [-0.1, -0.05) is 29.3 Å². The summed E-state index contributed by atoms with van der Waals surface area (Å²) >= 11 is 3.27. The number of phenolic OH excluding ortho intramolecular Hbond substituents is 1. The maximum absolute atomic E-state index is 12.1. The van der Waals surface area contributed by atoms with Gasteiger partial charge in [0.05, 0.1) is 5.56 Å². The van der Waals surface area contributed by atoms with E-state index in [0.717, 1.165) is 23.2 Å². The fourth-order valence-corrected chi connectivity index (χ4v) is 3.02. The number of aromatic hydroxyl groups is 1. The maximum Gasteiger partial charge on any atom is 0.255 e. The van der Waals surface area contributed by atoms with E-state index in [1.807, 2.05) is 0 Å². The monoisotopic (exact) mass is 325 g/mol. The lowest BCUT2D eigenvalue weighted by Gasteiger charge is -2.28. The molecule has 0 heterocycles. The summed E-state index contributed by atoms with van der Waals surface area (Å²) in [5.41, 5.74) is 0.348. The highest BCUT2D eigenvalue weighted by atomic mass is 79.9. The van der Waals surface area contributed by atoms with Gasteiger partial charge in [0.2, 0.25) is 0 Å². The molecule has 1 aliphatic carbocycles. The SMILES string of the molecule is CCC1CCC(NC(=O)c2ccc(Br)cc2O)CC1. The van der Waals surface area contributed by atoms with Crippen LogP contribution >= 0.6 is 15.9 Å². The third-order valence-corrected chi connectivity index (χ3v) is 4.46. The van der Waals surface area contributed by atoms with Gasteiger partial charge < -0.3 is 10.4 Å². The van der Waals surface area contributed by atoms with Gasteiger partial charge in [0, 0.05) is 10.5 Å². The van der Waals surface area contributed by atoms with Crippen LogP contribution < -0.4 is 5.32 Å². The van der Waals surface area contributed by atoms with Crippen molar-refractivity contribution in [3.63, 3.8) is 0 Å². The topological polar surface area (TPSA) is 49.3 Å². The van der Waals surface area contributed by atoms with Crippen LogP contribution in [0.2, 0.25) is 0 Å². The van der Waals surface area contributed by atoms with Gasteiger partial charge in [-0.25, -0.2) is 0 Å². The van der Waals surface area contributed by atoms with E-state index in [1.165, 1.54) is 19.3 Å². The van der Waals surface area contributed by atoms with Crippen LogP contribution in [0.5, 0.6) is 5.75 Å². The first kappa shape index (κ1) is 14.4. The molecule has 1 fully saturated rings. The second-order valence-corrected chi connectivity index (χ2v) is 6.18. The summed E-state index contributed by atoms with van der Waals surface area (Å²) in [5, 5.41) is 12.8. The Morgan fingerprint density at radius 3 is 2.63 bits per heavy atom. The Bertz CT molecular complexity index is 453. The number of rotatable bonds is 3. The van der Waals surface area contributed by atoms with Crippen molar-refractivity contribution >= 4 is 21.8 Å². The summed E-state index contributed by atoms with van der Waals surface area (Å²) in [7, 11) is 0. The Morgan fingerprint density at radius 2 is 2.05 bits per heavy atom. The van der Waals surface area contributed by atoms with Gasteiger partial charge in [-0.2, -0.15) is 0 Å². The second-order valence-electron chi connectivity index (χ2n) is 5.26. The van der Waals surface area contributed by atoms with Gasteiger partial charge in [-0.15, -0.1) is 0 Å². The number of carbonyl (C=O) groups excluding carboxylic acids is 1. The van der Waals surface area contributed by atoms with Crippen LogP contribution in [0.4, 0.5) is 0 Å². The number of hydrogen-bond acceptors (Lipinski definition) is 2. The molecule has 0 bridgehead atoms. The van der Waals surface area contributed by atoms with Crippen molar-refractivity contribution in [3.05, 3.63) is 28.2 Å². The molecular weight excluding hydrogens is 306 g/mol. The molecular formula is C15H20BrNO2. The van der Waals surface area contributed by atoms with Crippen LogP contribution in [0.3, 0.4) is 0 Å². The van der Waals surface area contributed by atoms with Crippen molar-refractivity contribution in [1.29, 1.82) is 0 Å². The predicted molar refractivity (Wildman–Crippen MR) is 79.3 cm³/mol. The highest BCUT2D eigenvalue weighted by Crippen LogP contribution is 2.27. The van der Waals surface area contributed by atoms with E-state index >= 15 is 0 Å². The third kappa shape index (κ3) is 3.72. The fraction of sp³-hybridized carbons (Fsp3) is 0.533. The Labute approximate surface area is 122 Å². The molecule has 0 radical (unpaired) electrons. The van der Waals surface area contributed by atoms with Crippen molar-refractivity contribution in [3.8, 4) is 5.75 Å². The molecule has 4 heteroatoms. The van der Waals surface area contributed by atoms with Crippen LogP contribution in [0.25, 0.3) is 0 Å². The number of hydrogen-bond donors (Lipinski definition) is 2. The molecule has 104 valence electrons. The minimum Gasteiger partial charge on any atom is -0.507 e. The Morgan fingerprint density at radius 1 is 1.37 bits per heavy atom. The molecule has 0 aliphatic heterocycles. The number of amides is 1. The maximum atomic E-state index is 12.1. The van der Waals surface area contributed by atoms with E-state index in [4.69, 9.17) is 0 Å². The molecule has 0 unspecified atom stereocenters. The molecule has 1 aromatic rings. The van der Waals surface area contributed by atoms with Crippen molar-refractivity contribution < 1.29 is 9.90 Å². The molecule has 1 aromatic carbocycles. The van der Waals surface area contributed by atoms with Crippen LogP contribution in [-0.4, -0.2) is 17.1 Å². The zero-order chi connectivity index (χ0) is 13.8. The minimum absolute atomic E-state index is 0.0223. The number of phenols is 1. The number of benzene rings is 1. The quantitative estimate of drug-likeness (QED) is 0.886. The summed E-state index contributed by atoms with van der Waals surface area (Å²) in [4.78, 5) is 12.1. The molecule has 0 aromatic heterocycles. The van der Waals surface area contributed by atoms with E-state index in [2.05, 4.69) is 28.2 Å². The summed E-state index contributed by atoms with van der Waals surface area (Å²) in [6.07, 6.45) is 5.69. The molecule has 2 N–H and O–H groups in total. The Kier molecular flexibility index (Phi) is 4.86. The number of nitrogens with one attached hydrogen (secondary N) is 1. The highest BCUT2D eigenvalue weighted by Gasteiger charge is 2.22. The molecule has 1 saturated carbocycles. The fourth-order valence-electron chi connectivity index (χ4n) is 2.67. The lowest BCUT2D eigenvalue weighted by molar-refractivity contribution is 0.0919. The molecule has 1 aliphatic rings. The average molecular weight is 326 g/mol. The lowest BCUT2D eigenvalue weighted by Crippen LogP contribution is -2.37. The van der Waals surface area contributed by atoms with Crippen molar-refractivity contribution in [2.45, 2.75) is 45.1 Å². The van der Waals surface area contributed by atoms with Crippen molar-refractivity contribution in [2.75, 3.05) is 0 Å². The second kappa shape index (κ2) is 6.42. The summed E-state index contributed by atoms with van der Waals surface area (Å²) < 4.78 is 0.769. The third-order valence-electron chi connectivity index (χ3n) is 3.96. The van der Waals surface area contributed by atoms with Gasteiger partial charge in [0.25, 0.3) is 5.91 Å². The zero-order valence-corrected chi connectivity index (χ0v) is 12.7.